The van der Waals surface area contributed by atoms with E-state index in [1.54, 1.807) is 12.1 Å². The van der Waals surface area contributed by atoms with Crippen LogP contribution in [0.1, 0.15) is 44.4 Å². The highest BCUT2D eigenvalue weighted by Crippen LogP contribution is 2.39. The average molecular weight is 528 g/mol. The van der Waals surface area contributed by atoms with E-state index < -0.39 is 5.82 Å². The number of fused-ring (bicyclic) bond motifs is 1. The number of anilines is 2. The number of halogens is 2. The van der Waals surface area contributed by atoms with Crippen LogP contribution in [0.2, 0.25) is 5.02 Å². The molecular formula is C25H27ClFN7OS. The summed E-state index contributed by atoms with van der Waals surface area (Å²) in [6.45, 7) is 6.08. The van der Waals surface area contributed by atoms with Crippen LogP contribution in [0.15, 0.2) is 30.6 Å². The van der Waals surface area contributed by atoms with Crippen molar-refractivity contribution in [3.05, 3.63) is 47.0 Å². The Morgan fingerprint density at radius 2 is 2.06 bits per heavy atom. The standard InChI is InChI=1S/C25H27ClFN7OS/c1-4-32(3)25-31-23-22(36-25)21(18-8-5-16(26)9-19(18)27)29-24(30-23)33-11-14(2)35-20(13-33)15-10-28-34(12-15)17-6-7-17/h5,8-10,12,14,17,20H,4,6-7,11,13H2,1-3H3/t14-,20-/m0/s1. The topological polar surface area (TPSA) is 72.2 Å². The van der Waals surface area contributed by atoms with Gasteiger partial charge in [-0.3, -0.25) is 4.68 Å². The Balaban J connectivity index is 1.41. The van der Waals surface area contributed by atoms with Crippen LogP contribution in [0.25, 0.3) is 21.6 Å². The monoisotopic (exact) mass is 527 g/mol. The zero-order chi connectivity index (χ0) is 25.0. The van der Waals surface area contributed by atoms with E-state index >= 15 is 4.39 Å². The van der Waals surface area contributed by atoms with Gasteiger partial charge in [0.15, 0.2) is 10.8 Å². The maximum absolute atomic E-state index is 15.1. The maximum atomic E-state index is 15.1. The van der Waals surface area contributed by atoms with Crippen LogP contribution in [0.3, 0.4) is 0 Å². The first kappa shape index (κ1) is 23.6. The lowest BCUT2D eigenvalue weighted by Crippen LogP contribution is -2.43. The summed E-state index contributed by atoms with van der Waals surface area (Å²) in [6.07, 6.45) is 6.13. The highest BCUT2D eigenvalue weighted by Gasteiger charge is 2.32. The van der Waals surface area contributed by atoms with Crippen molar-refractivity contribution >= 4 is 44.4 Å². The third-order valence-electron chi connectivity index (χ3n) is 6.68. The van der Waals surface area contributed by atoms with E-state index in [-0.39, 0.29) is 12.2 Å². The van der Waals surface area contributed by atoms with Crippen molar-refractivity contribution in [1.29, 1.82) is 0 Å². The van der Waals surface area contributed by atoms with Crippen LogP contribution < -0.4 is 9.80 Å². The Morgan fingerprint density at radius 3 is 2.81 bits per heavy atom. The van der Waals surface area contributed by atoms with E-state index in [0.717, 1.165) is 21.9 Å². The van der Waals surface area contributed by atoms with Gasteiger partial charge in [-0.2, -0.15) is 15.1 Å². The molecule has 0 bridgehead atoms. The van der Waals surface area contributed by atoms with E-state index in [9.17, 15) is 0 Å². The third kappa shape index (κ3) is 4.42. The lowest BCUT2D eigenvalue weighted by molar-refractivity contribution is -0.0178. The van der Waals surface area contributed by atoms with Crippen molar-refractivity contribution in [2.75, 3.05) is 36.5 Å². The largest absolute Gasteiger partial charge is 0.367 e. The molecule has 1 aliphatic carbocycles. The predicted molar refractivity (Wildman–Crippen MR) is 141 cm³/mol. The summed E-state index contributed by atoms with van der Waals surface area (Å²) in [4.78, 5) is 18.7. The molecule has 0 unspecified atom stereocenters. The zero-order valence-electron chi connectivity index (χ0n) is 20.4. The molecule has 1 saturated heterocycles. The van der Waals surface area contributed by atoms with Gasteiger partial charge >= 0.3 is 0 Å². The van der Waals surface area contributed by atoms with Gasteiger partial charge in [0.05, 0.1) is 30.6 Å². The van der Waals surface area contributed by atoms with Gasteiger partial charge in [-0.05, 0) is 44.9 Å². The number of morpholine rings is 1. The second-order valence-corrected chi connectivity index (χ2v) is 10.9. The van der Waals surface area contributed by atoms with E-state index in [0.29, 0.717) is 47.0 Å². The number of benzene rings is 1. The normalized spacial score (nSPS) is 20.3. The van der Waals surface area contributed by atoms with Crippen LogP contribution in [-0.2, 0) is 4.74 Å². The smallest absolute Gasteiger partial charge is 0.228 e. The number of hydrogen-bond acceptors (Lipinski definition) is 8. The molecule has 188 valence electrons. The summed E-state index contributed by atoms with van der Waals surface area (Å²) < 4.78 is 24.1. The Bertz CT molecular complexity index is 1420. The third-order valence-corrected chi connectivity index (χ3v) is 8.08. The lowest BCUT2D eigenvalue weighted by atomic mass is 10.1. The van der Waals surface area contributed by atoms with Crippen molar-refractivity contribution in [2.24, 2.45) is 0 Å². The van der Waals surface area contributed by atoms with Crippen LogP contribution >= 0.6 is 22.9 Å². The van der Waals surface area contributed by atoms with Gasteiger partial charge in [0.1, 0.15) is 16.6 Å². The maximum Gasteiger partial charge on any atom is 0.228 e. The summed E-state index contributed by atoms with van der Waals surface area (Å²) in [5.41, 5.74) is 2.51. The Labute approximate surface area is 217 Å². The molecule has 0 radical (unpaired) electrons. The Hall–Kier alpha value is -2.82. The summed E-state index contributed by atoms with van der Waals surface area (Å²) >= 11 is 7.50. The van der Waals surface area contributed by atoms with Crippen molar-refractivity contribution in [2.45, 2.75) is 44.9 Å². The highest BCUT2D eigenvalue weighted by atomic mass is 35.5. The van der Waals surface area contributed by atoms with Gasteiger partial charge in [0.25, 0.3) is 0 Å². The SMILES string of the molecule is CCN(C)c1nc2nc(N3C[C@@H](c4cnn(C5CC5)c4)O[C@@H](C)C3)nc(-c3ccc(Cl)cc3F)c2s1. The first-order valence-electron chi connectivity index (χ1n) is 12.2. The summed E-state index contributed by atoms with van der Waals surface area (Å²) in [5.74, 6) is 0.0885. The van der Waals surface area contributed by atoms with Crippen LogP contribution in [0.5, 0.6) is 0 Å². The molecule has 2 aliphatic rings. The van der Waals surface area contributed by atoms with Crippen molar-refractivity contribution < 1.29 is 9.13 Å². The number of aromatic nitrogens is 5. The predicted octanol–water partition coefficient (Wildman–Crippen LogP) is 5.50. The minimum Gasteiger partial charge on any atom is -0.367 e. The molecule has 6 rings (SSSR count). The molecule has 4 aromatic rings. The van der Waals surface area contributed by atoms with E-state index in [4.69, 9.17) is 31.3 Å². The molecule has 8 nitrogen and oxygen atoms in total. The van der Waals surface area contributed by atoms with Crippen molar-refractivity contribution in [1.82, 2.24) is 24.7 Å². The quantitative estimate of drug-likeness (QED) is 0.328. The van der Waals surface area contributed by atoms with Crippen LogP contribution in [-0.4, -0.2) is 57.5 Å². The molecule has 3 aromatic heterocycles. The van der Waals surface area contributed by atoms with Crippen molar-refractivity contribution in [3.63, 3.8) is 0 Å². The fraction of sp³-hybridized carbons (Fsp3) is 0.440. The summed E-state index contributed by atoms with van der Waals surface area (Å²) in [6, 6.07) is 5.18. The van der Waals surface area contributed by atoms with E-state index in [1.165, 1.54) is 30.2 Å². The lowest BCUT2D eigenvalue weighted by Gasteiger charge is -2.36. The highest BCUT2D eigenvalue weighted by molar-refractivity contribution is 7.22. The molecule has 2 fully saturated rings. The number of thiazole rings is 1. The first-order chi connectivity index (χ1) is 17.4. The summed E-state index contributed by atoms with van der Waals surface area (Å²) in [5, 5.41) is 5.69. The second-order valence-electron chi connectivity index (χ2n) is 9.48. The molecule has 11 heteroatoms. The number of nitrogens with zero attached hydrogens (tertiary/aromatic N) is 7. The molecule has 4 heterocycles. The number of ether oxygens (including phenoxy) is 1. The van der Waals surface area contributed by atoms with Gasteiger partial charge in [0.2, 0.25) is 5.95 Å². The minimum atomic E-state index is -0.423. The molecular weight excluding hydrogens is 501 g/mol. The minimum absolute atomic E-state index is 0.0414. The van der Waals surface area contributed by atoms with Gasteiger partial charge in [-0.1, -0.05) is 22.9 Å². The number of rotatable bonds is 6. The fourth-order valence-electron chi connectivity index (χ4n) is 4.46. The average Bonchev–Trinajstić information content (AvgIpc) is 3.42. The molecule has 0 N–H and O–H groups in total. The summed E-state index contributed by atoms with van der Waals surface area (Å²) in [7, 11) is 1.98. The second kappa shape index (κ2) is 9.24. The molecule has 1 aromatic carbocycles. The van der Waals surface area contributed by atoms with Gasteiger partial charge < -0.3 is 14.5 Å². The molecule has 2 atom stereocenters. The Morgan fingerprint density at radius 1 is 1.22 bits per heavy atom. The number of hydrogen-bond donors (Lipinski definition) is 0. The van der Waals surface area contributed by atoms with Crippen LogP contribution in [0, 0.1) is 5.82 Å². The van der Waals surface area contributed by atoms with Gasteiger partial charge in [0, 0.05) is 42.5 Å². The van der Waals surface area contributed by atoms with Gasteiger partial charge in [-0.15, -0.1) is 0 Å². The van der Waals surface area contributed by atoms with E-state index in [1.807, 2.05) is 29.7 Å². The Kier molecular flexibility index (Phi) is 6.05. The van der Waals surface area contributed by atoms with Gasteiger partial charge in [-0.25, -0.2) is 9.37 Å². The molecule has 36 heavy (non-hydrogen) atoms. The molecule has 0 spiro atoms. The first-order valence-corrected chi connectivity index (χ1v) is 13.4. The molecule has 1 aliphatic heterocycles. The van der Waals surface area contributed by atoms with Crippen molar-refractivity contribution in [3.8, 4) is 11.3 Å². The molecule has 1 saturated carbocycles. The van der Waals surface area contributed by atoms with E-state index in [2.05, 4.69) is 23.1 Å². The van der Waals surface area contributed by atoms with Crippen LogP contribution in [0.4, 0.5) is 15.5 Å². The zero-order valence-corrected chi connectivity index (χ0v) is 21.9. The fourth-order valence-corrected chi connectivity index (χ4v) is 5.66. The molecule has 0 amide bonds.